The summed E-state index contributed by atoms with van der Waals surface area (Å²) in [6.45, 7) is 3.96. The van der Waals surface area contributed by atoms with Gasteiger partial charge in [0, 0.05) is 11.7 Å². The first kappa shape index (κ1) is 23.5. The van der Waals surface area contributed by atoms with E-state index in [1.54, 1.807) is 0 Å². The van der Waals surface area contributed by atoms with Crippen molar-refractivity contribution in [2.75, 3.05) is 11.5 Å². The molecule has 25 heavy (non-hydrogen) atoms. The number of thioether (sulfide) groups is 1. The van der Waals surface area contributed by atoms with E-state index in [-0.39, 0.29) is 30.4 Å². The maximum Gasteiger partial charge on any atom is 0.352 e. The van der Waals surface area contributed by atoms with E-state index in [4.69, 9.17) is 15.9 Å². The summed E-state index contributed by atoms with van der Waals surface area (Å²) in [5.41, 5.74) is 5.28. The van der Waals surface area contributed by atoms with E-state index in [1.165, 1.54) is 17.8 Å². The molecule has 5 N–H and O–H groups in total. The molecule has 1 aliphatic rings. The summed E-state index contributed by atoms with van der Waals surface area (Å²) in [5.74, 6) is -1.37. The average Bonchev–Trinajstić information content (AvgIpc) is 3.13. The van der Waals surface area contributed by atoms with Crippen LogP contribution in [0, 0.1) is 11.3 Å². The van der Waals surface area contributed by atoms with Gasteiger partial charge in [-0.3, -0.25) is 9.59 Å². The molecule has 0 aromatic rings. The number of carboxylic acids is 2. The fraction of sp³-hybridized carbons (Fsp3) is 0.706. The van der Waals surface area contributed by atoms with Crippen LogP contribution in [-0.4, -0.2) is 45.6 Å². The van der Waals surface area contributed by atoms with Gasteiger partial charge >= 0.3 is 11.9 Å². The minimum Gasteiger partial charge on any atom is -0.480 e. The molecule has 1 rings (SSSR count). The van der Waals surface area contributed by atoms with Gasteiger partial charge in [0.15, 0.2) is 0 Å². The van der Waals surface area contributed by atoms with Gasteiger partial charge in [0.1, 0.15) is 11.7 Å². The van der Waals surface area contributed by atoms with Crippen molar-refractivity contribution in [3.8, 4) is 0 Å². The molecule has 0 bridgehead atoms. The van der Waals surface area contributed by atoms with Crippen molar-refractivity contribution in [1.29, 1.82) is 0 Å². The monoisotopic (exact) mass is 374 g/mol. The molecule has 0 heterocycles. The van der Waals surface area contributed by atoms with E-state index in [1.807, 2.05) is 13.8 Å². The lowest BCUT2D eigenvalue weighted by molar-refractivity contribution is -0.138. The highest BCUT2D eigenvalue weighted by Crippen LogP contribution is 2.51. The van der Waals surface area contributed by atoms with Crippen molar-refractivity contribution in [1.82, 2.24) is 5.32 Å². The molecule has 1 unspecified atom stereocenters. The lowest BCUT2D eigenvalue weighted by Gasteiger charge is -2.08. The van der Waals surface area contributed by atoms with E-state index in [0.29, 0.717) is 12.2 Å². The van der Waals surface area contributed by atoms with E-state index in [0.717, 1.165) is 25.0 Å². The van der Waals surface area contributed by atoms with Crippen LogP contribution in [0.5, 0.6) is 0 Å². The van der Waals surface area contributed by atoms with Gasteiger partial charge in [0.25, 0.3) is 0 Å². The smallest absolute Gasteiger partial charge is 0.352 e. The fourth-order valence-electron chi connectivity index (χ4n) is 2.20. The molecule has 8 heteroatoms. The molecule has 1 aliphatic carbocycles. The summed E-state index contributed by atoms with van der Waals surface area (Å²) in [7, 11) is 0. The number of hydrogen-bond donors (Lipinski definition) is 4. The Kier molecular flexibility index (Phi) is 9.81. The number of carbonyl (C=O) groups excluding carboxylic acids is 1. The van der Waals surface area contributed by atoms with Gasteiger partial charge in [-0.1, -0.05) is 27.4 Å². The molecule has 7 nitrogen and oxygen atoms in total. The van der Waals surface area contributed by atoms with Crippen LogP contribution in [0.25, 0.3) is 0 Å². The standard InChI is InChI=1S/C16H26N2O5S.CH4/c1-16(2)8-10(16)13(19)18-12(15(22)23)6-4-3-5-7-24-9-11(17)14(20)21;/h6,10-11H,3-5,7-9,17H2,1-2H3,(H,18,19)(H,20,21)(H,22,23);1H4/b12-6-;/t10?,11-;/m0./s1. The molecule has 144 valence electrons. The van der Waals surface area contributed by atoms with Crippen LogP contribution in [0.2, 0.25) is 0 Å². The number of carbonyl (C=O) groups is 3. The number of unbranched alkanes of at least 4 members (excludes halogenated alkanes) is 2. The molecule has 2 atom stereocenters. The zero-order valence-electron chi connectivity index (χ0n) is 14.1. The predicted octanol–water partition coefficient (Wildman–Crippen LogP) is 2.07. The number of nitrogens with two attached hydrogens (primary N) is 1. The fourth-order valence-corrected chi connectivity index (χ4v) is 3.17. The number of nitrogens with one attached hydrogen (secondary N) is 1. The Morgan fingerprint density at radius 3 is 2.40 bits per heavy atom. The predicted molar refractivity (Wildman–Crippen MR) is 99.3 cm³/mol. The van der Waals surface area contributed by atoms with Gasteiger partial charge in [-0.15, -0.1) is 0 Å². The van der Waals surface area contributed by atoms with Crippen LogP contribution in [0.1, 0.15) is 47.0 Å². The maximum absolute atomic E-state index is 12.0. The van der Waals surface area contributed by atoms with Gasteiger partial charge in [-0.2, -0.15) is 11.8 Å². The summed E-state index contributed by atoms with van der Waals surface area (Å²) in [5, 5.41) is 20.3. The lowest BCUT2D eigenvalue weighted by atomic mass is 10.1. The Labute approximate surface area is 153 Å². The highest BCUT2D eigenvalue weighted by atomic mass is 32.2. The number of carboxylic acid groups (broad SMARTS) is 2. The maximum atomic E-state index is 12.0. The third-order valence-electron chi connectivity index (χ3n) is 4.02. The second-order valence-corrected chi connectivity index (χ2v) is 7.82. The summed E-state index contributed by atoms with van der Waals surface area (Å²) in [6.07, 6.45) is 4.44. The topological polar surface area (TPSA) is 130 Å². The average molecular weight is 375 g/mol. The Morgan fingerprint density at radius 1 is 1.32 bits per heavy atom. The Morgan fingerprint density at radius 2 is 1.92 bits per heavy atom. The highest BCUT2D eigenvalue weighted by Gasteiger charge is 2.50. The van der Waals surface area contributed by atoms with Crippen molar-refractivity contribution < 1.29 is 24.6 Å². The zero-order chi connectivity index (χ0) is 18.3. The van der Waals surface area contributed by atoms with Gasteiger partial charge in [0.05, 0.1) is 0 Å². The minimum atomic E-state index is -1.14. The van der Waals surface area contributed by atoms with Crippen molar-refractivity contribution in [3.63, 3.8) is 0 Å². The van der Waals surface area contributed by atoms with Gasteiger partial charge in [0.2, 0.25) is 5.91 Å². The summed E-state index contributed by atoms with van der Waals surface area (Å²) in [6, 6.07) is -0.851. The summed E-state index contributed by atoms with van der Waals surface area (Å²) >= 11 is 1.46. The van der Waals surface area contributed by atoms with E-state index < -0.39 is 18.0 Å². The molecule has 0 spiro atoms. The van der Waals surface area contributed by atoms with Crippen LogP contribution >= 0.6 is 11.8 Å². The van der Waals surface area contributed by atoms with Gasteiger partial charge in [-0.05, 0) is 36.9 Å². The molecule has 0 saturated heterocycles. The minimum absolute atomic E-state index is 0. The van der Waals surface area contributed by atoms with Gasteiger partial charge in [-0.25, -0.2) is 4.79 Å². The number of aliphatic carboxylic acids is 2. The highest BCUT2D eigenvalue weighted by molar-refractivity contribution is 7.99. The Balaban J connectivity index is 0.00000576. The third-order valence-corrected chi connectivity index (χ3v) is 5.20. The largest absolute Gasteiger partial charge is 0.480 e. The number of allylic oxidation sites excluding steroid dienone is 1. The number of rotatable bonds is 11. The zero-order valence-corrected chi connectivity index (χ0v) is 14.9. The molecule has 0 aliphatic heterocycles. The van der Waals surface area contributed by atoms with E-state index in [2.05, 4.69) is 5.32 Å². The third kappa shape index (κ3) is 8.40. The number of amides is 1. The summed E-state index contributed by atoms with van der Waals surface area (Å²) in [4.78, 5) is 33.7. The van der Waals surface area contributed by atoms with Crippen molar-refractivity contribution >= 4 is 29.6 Å². The molecular formula is C17H30N2O5S. The van der Waals surface area contributed by atoms with Crippen LogP contribution in [0.15, 0.2) is 11.8 Å². The molecule has 0 aromatic heterocycles. The first-order chi connectivity index (χ1) is 11.1. The van der Waals surface area contributed by atoms with Crippen LogP contribution in [-0.2, 0) is 14.4 Å². The van der Waals surface area contributed by atoms with Crippen LogP contribution in [0.4, 0.5) is 0 Å². The van der Waals surface area contributed by atoms with Gasteiger partial charge < -0.3 is 21.3 Å². The Bertz CT molecular complexity index is 519. The molecule has 0 aromatic carbocycles. The van der Waals surface area contributed by atoms with E-state index >= 15 is 0 Å². The SMILES string of the molecule is C.CC1(C)CC1C(=O)N/C(=C\CCCCSC[C@H](N)C(=O)O)C(=O)O. The molecule has 1 fully saturated rings. The Hall–Kier alpha value is -1.54. The van der Waals surface area contributed by atoms with Crippen molar-refractivity contribution in [2.45, 2.75) is 53.0 Å². The lowest BCUT2D eigenvalue weighted by Crippen LogP contribution is -2.32. The molecule has 1 amide bonds. The summed E-state index contributed by atoms with van der Waals surface area (Å²) < 4.78 is 0. The van der Waals surface area contributed by atoms with Crippen LogP contribution < -0.4 is 11.1 Å². The first-order valence-electron chi connectivity index (χ1n) is 7.95. The normalized spacial score (nSPS) is 19.5. The van der Waals surface area contributed by atoms with Crippen molar-refractivity contribution in [3.05, 3.63) is 11.8 Å². The second-order valence-electron chi connectivity index (χ2n) is 6.67. The quantitative estimate of drug-likeness (QED) is 0.322. The number of hydrogen-bond acceptors (Lipinski definition) is 5. The molecule has 0 radical (unpaired) electrons. The van der Waals surface area contributed by atoms with Crippen molar-refractivity contribution in [2.24, 2.45) is 17.1 Å². The van der Waals surface area contributed by atoms with Crippen LogP contribution in [0.3, 0.4) is 0 Å². The first-order valence-corrected chi connectivity index (χ1v) is 9.11. The molecular weight excluding hydrogens is 344 g/mol. The van der Waals surface area contributed by atoms with E-state index in [9.17, 15) is 14.4 Å². The second kappa shape index (κ2) is 10.5. The molecule has 1 saturated carbocycles.